The van der Waals surface area contributed by atoms with Gasteiger partial charge in [0.1, 0.15) is 25.3 Å². The van der Waals surface area contributed by atoms with Crippen molar-refractivity contribution in [2.24, 2.45) is 5.73 Å². The number of cyclic esters (lactones) is 1. The summed E-state index contributed by atoms with van der Waals surface area (Å²) in [6.07, 6.45) is 3.04. The number of unbranched alkanes of at least 4 members (excludes halogenated alkanes) is 1. The van der Waals surface area contributed by atoms with E-state index in [4.69, 9.17) is 39.1 Å². The second kappa shape index (κ2) is 22.8. The van der Waals surface area contributed by atoms with Crippen LogP contribution in [0.15, 0.2) is 59.4 Å². The summed E-state index contributed by atoms with van der Waals surface area (Å²) in [6.45, 7) is 3.84. The van der Waals surface area contributed by atoms with Crippen LogP contribution in [0.5, 0.6) is 11.5 Å². The van der Waals surface area contributed by atoms with Crippen LogP contribution in [0.25, 0.3) is 22.3 Å². The molecule has 0 bridgehead atoms. The Morgan fingerprint density at radius 3 is 2.34 bits per heavy atom. The van der Waals surface area contributed by atoms with E-state index in [9.17, 15) is 43.5 Å². The molecule has 0 aliphatic carbocycles. The van der Waals surface area contributed by atoms with Crippen LogP contribution in [0, 0.1) is 0 Å². The molecule has 0 fully saturated rings. The number of nitrogens with one attached hydrogen (secondary N) is 4. The third-order valence-electron chi connectivity index (χ3n) is 12.9. The Morgan fingerprint density at radius 2 is 1.62 bits per heavy atom. The Labute approximate surface area is 417 Å². The second-order valence-corrected chi connectivity index (χ2v) is 17.6. The van der Waals surface area contributed by atoms with Gasteiger partial charge in [-0.1, -0.05) is 19.1 Å². The molecule has 2 aromatic heterocycles. The molecule has 3 atom stereocenters. The van der Waals surface area contributed by atoms with E-state index in [0.717, 1.165) is 4.90 Å². The van der Waals surface area contributed by atoms with Gasteiger partial charge >= 0.3 is 12.1 Å². The molecule has 386 valence electrons. The fourth-order valence-electron chi connectivity index (χ4n) is 8.76. The van der Waals surface area contributed by atoms with Crippen molar-refractivity contribution in [1.82, 2.24) is 30.4 Å². The monoisotopic (exact) mass is 1010 g/mol. The number of esters is 1. The second-order valence-electron chi connectivity index (χ2n) is 17.6. The molecule has 0 unspecified atom stereocenters. The summed E-state index contributed by atoms with van der Waals surface area (Å²) in [5.74, 6) is -2.16. The minimum atomic E-state index is -2.01. The summed E-state index contributed by atoms with van der Waals surface area (Å²) < 4.78 is 34.4. The highest BCUT2D eigenvalue weighted by Gasteiger charge is 2.45. The van der Waals surface area contributed by atoms with Gasteiger partial charge in [0.05, 0.1) is 62.0 Å². The van der Waals surface area contributed by atoms with Gasteiger partial charge in [0.15, 0.2) is 17.1 Å². The van der Waals surface area contributed by atoms with Gasteiger partial charge in [0, 0.05) is 53.4 Å². The number of rotatable bonds is 23. The molecule has 7 N–H and O–H groups in total. The number of nitrogens with two attached hydrogens (primary N) is 1. The molecule has 4 aliphatic rings. The summed E-state index contributed by atoms with van der Waals surface area (Å²) in [5.41, 5.74) is 7.22. The van der Waals surface area contributed by atoms with E-state index < -0.39 is 64.8 Å². The average molecular weight is 1010 g/mol. The first-order valence-corrected chi connectivity index (χ1v) is 23.9. The molecular formula is C50H56N8O15. The molecule has 2 aromatic carbocycles. The van der Waals surface area contributed by atoms with Crippen molar-refractivity contribution >= 4 is 58.2 Å². The van der Waals surface area contributed by atoms with Crippen molar-refractivity contribution in [3.63, 3.8) is 0 Å². The highest BCUT2D eigenvalue weighted by atomic mass is 16.7. The highest BCUT2D eigenvalue weighted by molar-refractivity contribution is 6.12. The number of fused-ring (bicyclic) bond motifs is 6. The molecule has 4 aliphatic heterocycles. The number of carbonyl (C=O) groups excluding carboxylic acids is 7. The maximum atomic E-state index is 13.9. The Morgan fingerprint density at radius 1 is 0.890 bits per heavy atom. The number of ether oxygens (including phenoxy) is 6. The first-order valence-electron chi connectivity index (χ1n) is 23.9. The number of hydrogen-bond donors (Lipinski definition) is 6. The van der Waals surface area contributed by atoms with Crippen molar-refractivity contribution in [2.75, 3.05) is 51.6 Å². The van der Waals surface area contributed by atoms with Gasteiger partial charge in [-0.25, -0.2) is 14.6 Å². The summed E-state index contributed by atoms with van der Waals surface area (Å²) in [5, 5.41) is 22.9. The van der Waals surface area contributed by atoms with Gasteiger partial charge in [-0.2, -0.15) is 0 Å². The zero-order valence-corrected chi connectivity index (χ0v) is 40.2. The van der Waals surface area contributed by atoms with E-state index in [1.807, 2.05) is 0 Å². The molecule has 0 spiro atoms. The molecule has 0 saturated heterocycles. The third kappa shape index (κ3) is 11.5. The molecular weight excluding hydrogens is 953 g/mol. The maximum Gasteiger partial charge on any atom is 0.407 e. The molecule has 73 heavy (non-hydrogen) atoms. The number of aliphatic hydroxyl groups is 1. The lowest BCUT2D eigenvalue weighted by Gasteiger charge is -2.31. The molecule has 6 heterocycles. The molecule has 23 nitrogen and oxygen atoms in total. The summed E-state index contributed by atoms with van der Waals surface area (Å²) >= 11 is 0. The van der Waals surface area contributed by atoms with E-state index >= 15 is 0 Å². The summed E-state index contributed by atoms with van der Waals surface area (Å²) in [6, 6.07) is 9.74. The van der Waals surface area contributed by atoms with Crippen LogP contribution < -0.4 is 42.0 Å². The zero-order valence-electron chi connectivity index (χ0n) is 40.2. The van der Waals surface area contributed by atoms with Crippen LogP contribution in [-0.2, 0) is 79.6 Å². The number of hydrogen-bond acceptors (Lipinski definition) is 17. The first kappa shape index (κ1) is 51.6. The van der Waals surface area contributed by atoms with Crippen molar-refractivity contribution in [3.05, 3.63) is 92.8 Å². The van der Waals surface area contributed by atoms with Gasteiger partial charge in [-0.05, 0) is 74.5 Å². The number of pyridine rings is 2. The van der Waals surface area contributed by atoms with Gasteiger partial charge in [0.25, 0.3) is 17.4 Å². The molecule has 6 amide bonds. The first-order chi connectivity index (χ1) is 35.2. The topological polar surface area (TPSA) is 307 Å². The number of alkyl carbamates (subject to hydrolysis) is 1. The number of anilines is 1. The Balaban J connectivity index is 0.825. The minimum Gasteiger partial charge on any atom is -0.458 e. The van der Waals surface area contributed by atoms with Gasteiger partial charge in [-0.15, -0.1) is 0 Å². The lowest BCUT2D eigenvalue weighted by Crippen LogP contribution is -2.51. The zero-order chi connectivity index (χ0) is 51.8. The lowest BCUT2D eigenvalue weighted by atomic mass is 9.86. The van der Waals surface area contributed by atoms with Crippen LogP contribution in [0.4, 0.5) is 10.5 Å². The number of carbonyl (C=O) groups is 7. The van der Waals surface area contributed by atoms with Crippen molar-refractivity contribution < 1.29 is 67.1 Å². The van der Waals surface area contributed by atoms with Crippen molar-refractivity contribution in [2.45, 2.75) is 89.9 Å². The van der Waals surface area contributed by atoms with Crippen LogP contribution in [0.3, 0.4) is 0 Å². The van der Waals surface area contributed by atoms with Crippen LogP contribution in [0.2, 0.25) is 0 Å². The normalized spacial score (nSPS) is 16.9. The highest BCUT2D eigenvalue weighted by Crippen LogP contribution is 2.43. The van der Waals surface area contributed by atoms with Gasteiger partial charge in [-0.3, -0.25) is 33.7 Å². The lowest BCUT2D eigenvalue weighted by molar-refractivity contribution is -0.172. The number of amides is 6. The number of aromatic nitrogens is 2. The third-order valence-corrected chi connectivity index (χ3v) is 12.9. The fraction of sp³-hybridized carbons (Fsp3) is 0.420. The van der Waals surface area contributed by atoms with Crippen LogP contribution >= 0.6 is 0 Å². The van der Waals surface area contributed by atoms with Crippen LogP contribution in [-0.4, -0.2) is 120 Å². The number of imide groups is 1. The predicted octanol–water partition coefficient (Wildman–Crippen LogP) is 1.64. The average Bonchev–Trinajstić information content (AvgIpc) is 4.09. The summed E-state index contributed by atoms with van der Waals surface area (Å²) in [7, 11) is 0. The molecule has 8 rings (SSSR count). The van der Waals surface area contributed by atoms with Gasteiger partial charge in [0.2, 0.25) is 24.5 Å². The number of nitrogens with zero attached hydrogens (tertiary/aromatic N) is 3. The van der Waals surface area contributed by atoms with E-state index in [-0.39, 0.29) is 96.5 Å². The Kier molecular flexibility index (Phi) is 16.1. The molecule has 0 saturated carbocycles. The van der Waals surface area contributed by atoms with E-state index in [1.165, 1.54) is 23.6 Å². The van der Waals surface area contributed by atoms with E-state index in [0.29, 0.717) is 75.6 Å². The maximum absolute atomic E-state index is 13.9. The van der Waals surface area contributed by atoms with E-state index in [1.54, 1.807) is 49.4 Å². The molecule has 23 heteroatoms. The quantitative estimate of drug-likeness (QED) is 0.0308. The predicted molar refractivity (Wildman–Crippen MR) is 257 cm³/mol. The number of benzene rings is 2. The standard InChI is InChI=1S/C50H56N8O15/c1-3-50(67)35-21-38-44-33(24-58(38)47(64)34(35)26-70-48(50)65)32(31-20-39-40(73-27-72-39)22-37(31)55-44)23-52-49(66)71-25-29-7-9-30(10-8-29)54-46(63)36(6-4-5-14-51)56-45(62)28(2)53-41(59)13-16-68-18-19-69-17-15-57-42(60)11-12-43(57)61/h7-12,20-22,28,36,67H,3-6,13-19,23-27,51H2,1-2H3,(H,52,66)(H,53,59)(H,54,63)(H,56,62)/t28-,36-,50-/m0/s1. The fourth-order valence-corrected chi connectivity index (χ4v) is 8.76. The summed E-state index contributed by atoms with van der Waals surface area (Å²) in [4.78, 5) is 108. The molecule has 0 radical (unpaired) electrons. The minimum absolute atomic E-state index is 0.0129. The smallest absolute Gasteiger partial charge is 0.407 e. The van der Waals surface area contributed by atoms with Crippen molar-refractivity contribution in [3.8, 4) is 22.9 Å². The van der Waals surface area contributed by atoms with Crippen LogP contribution in [0.1, 0.15) is 73.8 Å². The molecule has 4 aromatic rings. The Hall–Kier alpha value is -7.73. The van der Waals surface area contributed by atoms with Crippen molar-refractivity contribution in [1.29, 1.82) is 0 Å². The van der Waals surface area contributed by atoms with E-state index in [2.05, 4.69) is 21.3 Å². The SMILES string of the molecule is CC[C@@]1(O)C(=O)OCc2c1cc1n(c2=O)Cc2c-1nc1cc3c(cc1c2CNC(=O)OCc1ccc(NC(=O)[C@H](CCCCN)NC(=O)[C@H](C)NC(=O)CCOCCOCCN2C(=O)C=CC2=O)cc1)OCO3. The largest absolute Gasteiger partial charge is 0.458 e. The Bertz CT molecular complexity index is 2900. The van der Waals surface area contributed by atoms with Gasteiger partial charge < -0.3 is 65.1 Å².